The highest BCUT2D eigenvalue weighted by atomic mass is 35.5. The maximum atomic E-state index is 12.0. The van der Waals surface area contributed by atoms with Crippen molar-refractivity contribution in [1.29, 1.82) is 0 Å². The molecule has 1 aromatic heterocycles. The molecule has 1 heterocycles. The second-order valence-electron chi connectivity index (χ2n) is 4.68. The lowest BCUT2D eigenvalue weighted by Crippen LogP contribution is -2.18. The van der Waals surface area contributed by atoms with E-state index in [-0.39, 0.29) is 22.4 Å². The van der Waals surface area contributed by atoms with E-state index < -0.39 is 10.9 Å². The van der Waals surface area contributed by atoms with E-state index in [1.54, 1.807) is 25.2 Å². The molecule has 0 aliphatic rings. The van der Waals surface area contributed by atoms with Gasteiger partial charge in [-0.1, -0.05) is 11.6 Å². The highest BCUT2D eigenvalue weighted by Crippen LogP contribution is 2.33. The lowest BCUT2D eigenvalue weighted by Gasteiger charge is -2.20. The molecule has 120 valence electrons. The van der Waals surface area contributed by atoms with Crippen molar-refractivity contribution in [2.45, 2.75) is 6.92 Å². The van der Waals surface area contributed by atoms with Crippen LogP contribution in [0, 0.1) is 17.0 Å². The minimum atomic E-state index is -0.617. The second-order valence-corrected chi connectivity index (χ2v) is 5.01. The zero-order chi connectivity index (χ0) is 17.1. The van der Waals surface area contributed by atoms with Gasteiger partial charge in [-0.05, 0) is 30.7 Å². The molecular weight excluding hydrogens is 324 g/mol. The Kier molecular flexibility index (Phi) is 4.75. The highest BCUT2D eigenvalue weighted by molar-refractivity contribution is 6.28. The first-order valence-electron chi connectivity index (χ1n) is 6.44. The normalized spacial score (nSPS) is 10.3. The van der Waals surface area contributed by atoms with Gasteiger partial charge in [-0.15, -0.1) is 0 Å². The zero-order valence-electron chi connectivity index (χ0n) is 12.6. The largest absolute Gasteiger partial charge is 0.465 e. The Morgan fingerprint density at radius 3 is 2.74 bits per heavy atom. The van der Waals surface area contributed by atoms with E-state index in [2.05, 4.69) is 9.97 Å². The lowest BCUT2D eigenvalue weighted by atomic mass is 10.1. The Balaban J connectivity index is 2.62. The third-order valence-electron chi connectivity index (χ3n) is 3.15. The van der Waals surface area contributed by atoms with Crippen LogP contribution in [0.15, 0.2) is 24.4 Å². The first-order chi connectivity index (χ1) is 10.8. The van der Waals surface area contributed by atoms with Gasteiger partial charge in [0, 0.05) is 7.05 Å². The van der Waals surface area contributed by atoms with E-state index in [1.807, 2.05) is 6.92 Å². The predicted octanol–water partition coefficient (Wildman–Crippen LogP) is 2.90. The Morgan fingerprint density at radius 2 is 2.13 bits per heavy atom. The minimum absolute atomic E-state index is 0.0241. The van der Waals surface area contributed by atoms with Crippen molar-refractivity contribution in [3.63, 3.8) is 0 Å². The SMILES string of the molecule is COC(=O)c1cc(C)ccc1N(C)c1nc(Cl)ncc1[N+](=O)[O-]. The highest BCUT2D eigenvalue weighted by Gasteiger charge is 2.24. The molecule has 2 rings (SSSR count). The van der Waals surface area contributed by atoms with Gasteiger partial charge in [0.2, 0.25) is 11.1 Å². The Morgan fingerprint density at radius 1 is 1.43 bits per heavy atom. The summed E-state index contributed by atoms with van der Waals surface area (Å²) in [7, 11) is 2.81. The van der Waals surface area contributed by atoms with Gasteiger partial charge in [-0.2, -0.15) is 4.98 Å². The van der Waals surface area contributed by atoms with E-state index in [1.165, 1.54) is 12.0 Å². The number of halogens is 1. The van der Waals surface area contributed by atoms with Gasteiger partial charge in [-0.25, -0.2) is 9.78 Å². The molecule has 2 aromatic rings. The smallest absolute Gasteiger partial charge is 0.339 e. The molecular formula is C14H13ClN4O4. The number of esters is 1. The summed E-state index contributed by atoms with van der Waals surface area (Å²) in [5, 5.41) is 11.0. The summed E-state index contributed by atoms with van der Waals surface area (Å²) >= 11 is 5.74. The number of hydrogen-bond donors (Lipinski definition) is 0. The summed E-state index contributed by atoms with van der Waals surface area (Å²) in [6.07, 6.45) is 1.02. The summed E-state index contributed by atoms with van der Waals surface area (Å²) in [5.41, 5.74) is 1.19. The van der Waals surface area contributed by atoms with Crippen molar-refractivity contribution in [2.75, 3.05) is 19.1 Å². The Bertz CT molecular complexity index is 781. The molecule has 0 bridgehead atoms. The fraction of sp³-hybridized carbons (Fsp3) is 0.214. The molecule has 0 N–H and O–H groups in total. The number of anilines is 2. The molecule has 0 unspecified atom stereocenters. The number of benzene rings is 1. The molecule has 0 amide bonds. The molecule has 0 saturated heterocycles. The van der Waals surface area contributed by atoms with Crippen LogP contribution >= 0.6 is 11.6 Å². The molecule has 9 heteroatoms. The lowest BCUT2D eigenvalue weighted by molar-refractivity contribution is -0.384. The average Bonchev–Trinajstić information content (AvgIpc) is 2.52. The zero-order valence-corrected chi connectivity index (χ0v) is 13.4. The van der Waals surface area contributed by atoms with Gasteiger partial charge in [0.05, 0.1) is 23.3 Å². The number of nitrogens with zero attached hydrogens (tertiary/aromatic N) is 4. The summed E-state index contributed by atoms with van der Waals surface area (Å²) in [4.78, 5) is 31.4. The van der Waals surface area contributed by atoms with Crippen LogP contribution in [-0.2, 0) is 4.74 Å². The van der Waals surface area contributed by atoms with Crippen molar-refractivity contribution < 1.29 is 14.5 Å². The topological polar surface area (TPSA) is 98.5 Å². The van der Waals surface area contributed by atoms with E-state index >= 15 is 0 Å². The second kappa shape index (κ2) is 6.57. The van der Waals surface area contributed by atoms with Gasteiger partial charge in [-0.3, -0.25) is 10.1 Å². The van der Waals surface area contributed by atoms with Crippen molar-refractivity contribution in [3.8, 4) is 0 Å². The molecule has 0 spiro atoms. The average molecular weight is 337 g/mol. The van der Waals surface area contributed by atoms with E-state index in [0.29, 0.717) is 5.69 Å². The molecule has 23 heavy (non-hydrogen) atoms. The monoisotopic (exact) mass is 336 g/mol. The summed E-state index contributed by atoms with van der Waals surface area (Å²) in [6.45, 7) is 1.82. The first kappa shape index (κ1) is 16.6. The van der Waals surface area contributed by atoms with Crippen LogP contribution in [-0.4, -0.2) is 35.0 Å². The predicted molar refractivity (Wildman–Crippen MR) is 84.3 cm³/mol. The van der Waals surface area contributed by atoms with Crippen LogP contribution in [0.1, 0.15) is 15.9 Å². The van der Waals surface area contributed by atoms with Crippen LogP contribution in [0.5, 0.6) is 0 Å². The quantitative estimate of drug-likeness (QED) is 0.366. The third kappa shape index (κ3) is 3.37. The van der Waals surface area contributed by atoms with Crippen LogP contribution in [0.2, 0.25) is 5.28 Å². The molecule has 0 saturated carbocycles. The number of hydrogen-bond acceptors (Lipinski definition) is 7. The summed E-state index contributed by atoms with van der Waals surface area (Å²) in [5.74, 6) is -0.581. The van der Waals surface area contributed by atoms with Crippen LogP contribution in [0.3, 0.4) is 0 Å². The van der Waals surface area contributed by atoms with Gasteiger partial charge in [0.25, 0.3) is 0 Å². The van der Waals surface area contributed by atoms with Gasteiger partial charge >= 0.3 is 11.7 Å². The maximum Gasteiger partial charge on any atom is 0.339 e. The van der Waals surface area contributed by atoms with Gasteiger partial charge in [0.15, 0.2) is 0 Å². The third-order valence-corrected chi connectivity index (χ3v) is 3.34. The molecule has 0 fully saturated rings. The molecule has 0 atom stereocenters. The maximum absolute atomic E-state index is 12.0. The number of carbonyl (C=O) groups is 1. The first-order valence-corrected chi connectivity index (χ1v) is 6.82. The number of carbonyl (C=O) groups excluding carboxylic acids is 1. The van der Waals surface area contributed by atoms with Gasteiger partial charge < -0.3 is 9.64 Å². The molecule has 8 nitrogen and oxygen atoms in total. The van der Waals surface area contributed by atoms with Crippen LogP contribution < -0.4 is 4.90 Å². The standard InChI is InChI=1S/C14H13ClN4O4/c1-8-4-5-10(9(6-8)13(20)23-3)18(2)12-11(19(21)22)7-16-14(15)17-12/h4-7H,1-3H3. The fourth-order valence-corrected chi connectivity index (χ4v) is 2.18. The van der Waals surface area contributed by atoms with E-state index in [9.17, 15) is 14.9 Å². The van der Waals surface area contributed by atoms with Crippen LogP contribution in [0.25, 0.3) is 0 Å². The Labute approximate surface area is 136 Å². The number of ether oxygens (including phenoxy) is 1. The number of rotatable bonds is 4. The number of aromatic nitrogens is 2. The van der Waals surface area contributed by atoms with E-state index in [4.69, 9.17) is 16.3 Å². The summed E-state index contributed by atoms with van der Waals surface area (Å²) in [6, 6.07) is 5.06. The van der Waals surface area contributed by atoms with Crippen molar-refractivity contribution in [1.82, 2.24) is 9.97 Å². The molecule has 0 aliphatic heterocycles. The molecule has 0 aliphatic carbocycles. The Hall–Kier alpha value is -2.74. The van der Waals surface area contributed by atoms with Crippen molar-refractivity contribution in [2.24, 2.45) is 0 Å². The van der Waals surface area contributed by atoms with Crippen molar-refractivity contribution >= 4 is 34.8 Å². The number of aryl methyl sites for hydroxylation is 1. The fourth-order valence-electron chi connectivity index (χ4n) is 2.05. The molecule has 0 radical (unpaired) electrons. The van der Waals surface area contributed by atoms with Crippen molar-refractivity contribution in [3.05, 3.63) is 50.9 Å². The summed E-state index contributed by atoms with van der Waals surface area (Å²) < 4.78 is 4.76. The molecule has 1 aromatic carbocycles. The number of methoxy groups -OCH3 is 1. The number of nitro groups is 1. The van der Waals surface area contributed by atoms with Gasteiger partial charge in [0.1, 0.15) is 6.20 Å². The van der Waals surface area contributed by atoms with E-state index in [0.717, 1.165) is 11.8 Å². The van der Waals surface area contributed by atoms with Crippen LogP contribution in [0.4, 0.5) is 17.2 Å². The minimum Gasteiger partial charge on any atom is -0.465 e.